The lowest BCUT2D eigenvalue weighted by Crippen LogP contribution is -2.53. The molecule has 1 fully saturated rings. The molecule has 0 radical (unpaired) electrons. The van der Waals surface area contributed by atoms with Gasteiger partial charge in [-0.1, -0.05) is 56.3 Å². The molecule has 3 amide bonds. The van der Waals surface area contributed by atoms with Gasteiger partial charge in [-0.15, -0.1) is 0 Å². The van der Waals surface area contributed by atoms with Crippen LogP contribution in [0.25, 0.3) is 10.8 Å². The highest BCUT2D eigenvalue weighted by molar-refractivity contribution is 5.92. The fraction of sp³-hybridized carbons (Fsp3) is 0.379. The zero-order valence-corrected chi connectivity index (χ0v) is 21.2. The van der Waals surface area contributed by atoms with E-state index in [4.69, 9.17) is 0 Å². The van der Waals surface area contributed by atoms with Crippen LogP contribution in [0, 0.1) is 18.8 Å². The number of hydrogen-bond donors (Lipinski definition) is 2. The minimum Gasteiger partial charge on any atom is -0.344 e. The number of aromatic nitrogens is 1. The molecule has 7 heteroatoms. The van der Waals surface area contributed by atoms with Crippen molar-refractivity contribution in [1.29, 1.82) is 0 Å². The normalized spacial score (nSPS) is 15.1. The van der Waals surface area contributed by atoms with Gasteiger partial charge in [-0.25, -0.2) is 4.98 Å². The van der Waals surface area contributed by atoms with Crippen LogP contribution in [-0.4, -0.2) is 46.7 Å². The summed E-state index contributed by atoms with van der Waals surface area (Å²) in [5.74, 6) is 0.00736. The van der Waals surface area contributed by atoms with Crippen LogP contribution in [-0.2, 0) is 20.8 Å². The smallest absolute Gasteiger partial charge is 0.245 e. The number of likely N-dealkylation sites (tertiary alicyclic amines) is 1. The van der Waals surface area contributed by atoms with Crippen molar-refractivity contribution in [2.24, 2.45) is 11.8 Å². The first-order chi connectivity index (χ1) is 17.3. The highest BCUT2D eigenvalue weighted by atomic mass is 16.2. The predicted molar refractivity (Wildman–Crippen MR) is 141 cm³/mol. The summed E-state index contributed by atoms with van der Waals surface area (Å²) in [4.78, 5) is 44.8. The van der Waals surface area contributed by atoms with Gasteiger partial charge in [0.1, 0.15) is 11.9 Å². The quantitative estimate of drug-likeness (QED) is 0.526. The number of anilines is 1. The molecule has 1 aliphatic heterocycles. The Balaban J connectivity index is 1.31. The van der Waals surface area contributed by atoms with Crippen molar-refractivity contribution in [3.05, 3.63) is 71.9 Å². The van der Waals surface area contributed by atoms with Crippen LogP contribution in [0.3, 0.4) is 0 Å². The van der Waals surface area contributed by atoms with Gasteiger partial charge in [-0.05, 0) is 59.7 Å². The number of piperidine rings is 1. The predicted octanol–water partition coefficient (Wildman–Crippen LogP) is 4.10. The molecular formula is C29H34N4O3. The Morgan fingerprint density at radius 1 is 1.00 bits per heavy atom. The molecule has 0 spiro atoms. The Morgan fingerprint density at radius 2 is 1.72 bits per heavy atom. The lowest BCUT2D eigenvalue weighted by molar-refractivity contribution is -0.139. The summed E-state index contributed by atoms with van der Waals surface area (Å²) in [6.07, 6.45) is 3.06. The number of aryl methyl sites for hydroxylation is 1. The molecule has 2 aromatic carbocycles. The molecule has 0 saturated carbocycles. The van der Waals surface area contributed by atoms with E-state index in [0.717, 1.165) is 21.9 Å². The Morgan fingerprint density at radius 3 is 2.42 bits per heavy atom. The highest BCUT2D eigenvalue weighted by Crippen LogP contribution is 2.21. The minimum atomic E-state index is -0.597. The summed E-state index contributed by atoms with van der Waals surface area (Å²) < 4.78 is 0. The second kappa shape index (κ2) is 11.3. The molecule has 2 N–H and O–H groups in total. The Kier molecular flexibility index (Phi) is 7.98. The zero-order valence-electron chi connectivity index (χ0n) is 21.2. The van der Waals surface area contributed by atoms with Gasteiger partial charge in [0.25, 0.3) is 0 Å². The standard InChI is InChI=1S/C29H34N4O3/c1-19(2)27(32-26(34)18-21-8-9-22-6-4-5-7-24(22)17-21)29(36)33-14-11-23(12-15-33)28(35)31-25-16-20(3)10-13-30-25/h4-10,13,16-17,19,23,27H,11-12,14-15,18H2,1-3H3,(H,32,34)(H,30,31,35). The number of nitrogens with zero attached hydrogens (tertiary/aromatic N) is 2. The third-order valence-electron chi connectivity index (χ3n) is 6.77. The van der Waals surface area contributed by atoms with Crippen LogP contribution >= 0.6 is 0 Å². The molecule has 188 valence electrons. The molecule has 1 saturated heterocycles. The molecule has 3 aromatic rings. The molecule has 1 aromatic heterocycles. The van der Waals surface area contributed by atoms with Gasteiger partial charge in [-0.3, -0.25) is 14.4 Å². The molecule has 1 atom stereocenters. The number of rotatable bonds is 7. The van der Waals surface area contributed by atoms with Crippen molar-refractivity contribution in [2.75, 3.05) is 18.4 Å². The third kappa shape index (κ3) is 6.27. The van der Waals surface area contributed by atoms with E-state index in [9.17, 15) is 14.4 Å². The first-order valence-electron chi connectivity index (χ1n) is 12.6. The molecular weight excluding hydrogens is 452 g/mol. The Hall–Kier alpha value is -3.74. The molecule has 0 bridgehead atoms. The van der Waals surface area contributed by atoms with Gasteiger partial charge in [0, 0.05) is 25.2 Å². The third-order valence-corrected chi connectivity index (χ3v) is 6.77. The van der Waals surface area contributed by atoms with Gasteiger partial charge in [0.05, 0.1) is 6.42 Å². The number of benzene rings is 2. The molecule has 1 unspecified atom stereocenters. The van der Waals surface area contributed by atoms with Gasteiger partial charge in [0.15, 0.2) is 0 Å². The van der Waals surface area contributed by atoms with Crippen LogP contribution in [0.1, 0.15) is 37.8 Å². The number of carbonyl (C=O) groups is 3. The molecule has 2 heterocycles. The number of nitrogens with one attached hydrogen (secondary N) is 2. The van der Waals surface area contributed by atoms with Gasteiger partial charge >= 0.3 is 0 Å². The number of hydrogen-bond acceptors (Lipinski definition) is 4. The van der Waals surface area contributed by atoms with E-state index in [0.29, 0.717) is 31.7 Å². The van der Waals surface area contributed by atoms with E-state index < -0.39 is 6.04 Å². The van der Waals surface area contributed by atoms with Crippen LogP contribution in [0.4, 0.5) is 5.82 Å². The van der Waals surface area contributed by atoms with Crippen LogP contribution < -0.4 is 10.6 Å². The maximum atomic E-state index is 13.3. The zero-order chi connectivity index (χ0) is 25.7. The monoisotopic (exact) mass is 486 g/mol. The second-order valence-electron chi connectivity index (χ2n) is 9.95. The number of pyridine rings is 1. The first-order valence-corrected chi connectivity index (χ1v) is 12.6. The Bertz CT molecular complexity index is 1250. The number of carbonyl (C=O) groups excluding carboxylic acids is 3. The average Bonchev–Trinajstić information content (AvgIpc) is 2.87. The molecule has 0 aliphatic carbocycles. The van der Waals surface area contributed by atoms with E-state index >= 15 is 0 Å². The maximum Gasteiger partial charge on any atom is 0.245 e. The van der Waals surface area contributed by atoms with Crippen molar-refractivity contribution in [3.8, 4) is 0 Å². The number of fused-ring (bicyclic) bond motifs is 1. The SMILES string of the molecule is Cc1ccnc(NC(=O)C2CCN(C(=O)C(NC(=O)Cc3ccc4ccccc4c3)C(C)C)CC2)c1. The largest absolute Gasteiger partial charge is 0.344 e. The van der Waals surface area contributed by atoms with Gasteiger partial charge in [-0.2, -0.15) is 0 Å². The first kappa shape index (κ1) is 25.4. The van der Waals surface area contributed by atoms with Crippen molar-refractivity contribution in [3.63, 3.8) is 0 Å². The summed E-state index contributed by atoms with van der Waals surface area (Å²) in [5.41, 5.74) is 1.94. The molecule has 36 heavy (non-hydrogen) atoms. The van der Waals surface area contributed by atoms with Gasteiger partial charge in [0.2, 0.25) is 17.7 Å². The summed E-state index contributed by atoms with van der Waals surface area (Å²) >= 11 is 0. The van der Waals surface area contributed by atoms with Gasteiger partial charge < -0.3 is 15.5 Å². The summed E-state index contributed by atoms with van der Waals surface area (Å²) in [5, 5.41) is 8.07. The number of amides is 3. The van der Waals surface area contributed by atoms with Crippen molar-refractivity contribution in [1.82, 2.24) is 15.2 Å². The van der Waals surface area contributed by atoms with Crippen LogP contribution in [0.15, 0.2) is 60.8 Å². The maximum absolute atomic E-state index is 13.3. The van der Waals surface area contributed by atoms with Crippen LogP contribution in [0.2, 0.25) is 0 Å². The summed E-state index contributed by atoms with van der Waals surface area (Å²) in [6, 6.07) is 17.1. The van der Waals surface area contributed by atoms with E-state index in [1.165, 1.54) is 0 Å². The Labute approximate surface area is 212 Å². The van der Waals surface area contributed by atoms with E-state index in [2.05, 4.69) is 15.6 Å². The van der Waals surface area contributed by atoms with E-state index in [1.807, 2.05) is 75.4 Å². The second-order valence-corrected chi connectivity index (χ2v) is 9.95. The lowest BCUT2D eigenvalue weighted by Gasteiger charge is -2.35. The topological polar surface area (TPSA) is 91.4 Å². The van der Waals surface area contributed by atoms with Crippen LogP contribution in [0.5, 0.6) is 0 Å². The molecule has 4 rings (SSSR count). The van der Waals surface area contributed by atoms with Crippen molar-refractivity contribution in [2.45, 2.75) is 46.1 Å². The van der Waals surface area contributed by atoms with Crippen molar-refractivity contribution >= 4 is 34.3 Å². The van der Waals surface area contributed by atoms with Crippen molar-refractivity contribution < 1.29 is 14.4 Å². The fourth-order valence-corrected chi connectivity index (χ4v) is 4.66. The molecule has 1 aliphatic rings. The minimum absolute atomic E-state index is 0.0496. The summed E-state index contributed by atoms with van der Waals surface area (Å²) in [6.45, 7) is 6.80. The fourth-order valence-electron chi connectivity index (χ4n) is 4.66. The highest BCUT2D eigenvalue weighted by Gasteiger charge is 2.33. The van der Waals surface area contributed by atoms with E-state index in [-0.39, 0.29) is 36.0 Å². The summed E-state index contributed by atoms with van der Waals surface area (Å²) in [7, 11) is 0. The molecule has 7 nitrogen and oxygen atoms in total. The lowest BCUT2D eigenvalue weighted by atomic mass is 9.94. The average molecular weight is 487 g/mol. The van der Waals surface area contributed by atoms with E-state index in [1.54, 1.807) is 11.1 Å².